The molecule has 1 atom stereocenters. The smallest absolute Gasteiger partial charge is 0.252 e. The van der Waals surface area contributed by atoms with Gasteiger partial charge in [-0.05, 0) is 31.9 Å². The second-order valence-corrected chi connectivity index (χ2v) is 5.22. The van der Waals surface area contributed by atoms with Crippen molar-refractivity contribution in [1.29, 1.82) is 0 Å². The van der Waals surface area contributed by atoms with Crippen molar-refractivity contribution < 1.29 is 9.90 Å². The van der Waals surface area contributed by atoms with Crippen molar-refractivity contribution in [3.8, 4) is 0 Å². The van der Waals surface area contributed by atoms with Gasteiger partial charge < -0.3 is 10.4 Å². The van der Waals surface area contributed by atoms with E-state index in [9.17, 15) is 4.79 Å². The van der Waals surface area contributed by atoms with Gasteiger partial charge in [-0.2, -0.15) is 0 Å². The quantitative estimate of drug-likeness (QED) is 0.879. The molecule has 1 aromatic carbocycles. The van der Waals surface area contributed by atoms with E-state index in [-0.39, 0.29) is 12.5 Å². The predicted molar refractivity (Wildman–Crippen MR) is 79.6 cm³/mol. The van der Waals surface area contributed by atoms with Crippen LogP contribution in [-0.2, 0) is 0 Å². The van der Waals surface area contributed by atoms with Crippen molar-refractivity contribution in [1.82, 2.24) is 10.3 Å². The van der Waals surface area contributed by atoms with Crippen molar-refractivity contribution >= 4 is 16.8 Å². The Morgan fingerprint density at radius 2 is 2.10 bits per heavy atom. The molecule has 0 saturated heterocycles. The van der Waals surface area contributed by atoms with Gasteiger partial charge in [-0.1, -0.05) is 25.1 Å². The number of benzene rings is 1. The lowest BCUT2D eigenvalue weighted by Crippen LogP contribution is -2.46. The van der Waals surface area contributed by atoms with E-state index in [1.54, 1.807) is 12.3 Å². The van der Waals surface area contributed by atoms with E-state index >= 15 is 0 Å². The molecule has 0 spiro atoms. The first-order valence-electron chi connectivity index (χ1n) is 6.87. The van der Waals surface area contributed by atoms with Crippen LogP contribution in [0.2, 0.25) is 0 Å². The fourth-order valence-electron chi connectivity index (χ4n) is 2.21. The minimum atomic E-state index is -0.393. The summed E-state index contributed by atoms with van der Waals surface area (Å²) in [5.41, 5.74) is 1.03. The number of nitrogens with one attached hydrogen (secondary N) is 1. The molecule has 2 N–H and O–H groups in total. The number of pyridine rings is 1. The Morgan fingerprint density at radius 1 is 1.35 bits per heavy atom. The van der Waals surface area contributed by atoms with Crippen molar-refractivity contribution in [2.75, 3.05) is 6.61 Å². The Balaban J connectivity index is 2.32. The van der Waals surface area contributed by atoms with Gasteiger partial charge in [0.25, 0.3) is 5.91 Å². The summed E-state index contributed by atoms with van der Waals surface area (Å²) >= 11 is 0. The summed E-state index contributed by atoms with van der Waals surface area (Å²) < 4.78 is 0. The van der Waals surface area contributed by atoms with Crippen LogP contribution in [0.15, 0.2) is 36.5 Å². The zero-order valence-electron chi connectivity index (χ0n) is 11.9. The molecule has 20 heavy (non-hydrogen) atoms. The number of aliphatic hydroxyl groups excluding tert-OH is 1. The minimum absolute atomic E-state index is 0.0573. The molecule has 0 aliphatic heterocycles. The average Bonchev–Trinajstić information content (AvgIpc) is 2.46. The SMILES string of the molecule is CCC(C)(CCO)NC(=O)c1ccnc2ccccc12. The number of para-hydroxylation sites is 1. The number of hydrogen-bond donors (Lipinski definition) is 2. The molecule has 0 saturated carbocycles. The maximum Gasteiger partial charge on any atom is 0.252 e. The van der Waals surface area contributed by atoms with Crippen LogP contribution >= 0.6 is 0 Å². The van der Waals surface area contributed by atoms with Crippen LogP contribution in [-0.4, -0.2) is 28.1 Å². The summed E-state index contributed by atoms with van der Waals surface area (Å²) in [6.07, 6.45) is 2.95. The summed E-state index contributed by atoms with van der Waals surface area (Å²) in [7, 11) is 0. The molecule has 4 nitrogen and oxygen atoms in total. The van der Waals surface area contributed by atoms with Crippen LogP contribution in [0.5, 0.6) is 0 Å². The first-order chi connectivity index (χ1) is 9.59. The zero-order chi connectivity index (χ0) is 14.6. The van der Waals surface area contributed by atoms with Crippen LogP contribution in [0.3, 0.4) is 0 Å². The van der Waals surface area contributed by atoms with Gasteiger partial charge >= 0.3 is 0 Å². The highest BCUT2D eigenvalue weighted by Gasteiger charge is 2.24. The zero-order valence-corrected chi connectivity index (χ0v) is 11.9. The van der Waals surface area contributed by atoms with E-state index in [2.05, 4.69) is 10.3 Å². The number of fused-ring (bicyclic) bond motifs is 1. The number of carbonyl (C=O) groups excluding carboxylic acids is 1. The van der Waals surface area contributed by atoms with Crippen molar-refractivity contribution in [2.45, 2.75) is 32.2 Å². The molecular weight excluding hydrogens is 252 g/mol. The summed E-state index contributed by atoms with van der Waals surface area (Å²) in [5, 5.41) is 13.0. The third-order valence-corrected chi connectivity index (χ3v) is 3.75. The molecule has 1 aromatic heterocycles. The summed E-state index contributed by atoms with van der Waals surface area (Å²) in [5.74, 6) is -0.124. The first kappa shape index (κ1) is 14.5. The molecule has 106 valence electrons. The summed E-state index contributed by atoms with van der Waals surface area (Å²) in [6.45, 7) is 4.01. The van der Waals surface area contributed by atoms with E-state index in [1.165, 1.54) is 0 Å². The molecule has 0 radical (unpaired) electrons. The van der Waals surface area contributed by atoms with E-state index < -0.39 is 5.54 Å². The Bertz CT molecular complexity index is 607. The molecule has 1 unspecified atom stereocenters. The molecule has 1 amide bonds. The molecule has 0 aliphatic rings. The van der Waals surface area contributed by atoms with Crippen molar-refractivity contribution in [3.63, 3.8) is 0 Å². The number of amides is 1. The number of nitrogens with zero attached hydrogens (tertiary/aromatic N) is 1. The normalized spacial score (nSPS) is 13.9. The lowest BCUT2D eigenvalue weighted by atomic mass is 9.94. The monoisotopic (exact) mass is 272 g/mol. The second-order valence-electron chi connectivity index (χ2n) is 5.22. The second kappa shape index (κ2) is 6.01. The van der Waals surface area contributed by atoms with Crippen LogP contribution in [0.25, 0.3) is 10.9 Å². The lowest BCUT2D eigenvalue weighted by molar-refractivity contribution is 0.0888. The van der Waals surface area contributed by atoms with E-state index in [4.69, 9.17) is 5.11 Å². The Hall–Kier alpha value is -1.94. The summed E-state index contributed by atoms with van der Waals surface area (Å²) in [4.78, 5) is 16.7. The van der Waals surface area contributed by atoms with Gasteiger partial charge in [-0.3, -0.25) is 9.78 Å². The first-order valence-corrected chi connectivity index (χ1v) is 6.87. The standard InChI is InChI=1S/C16H20N2O2/c1-3-16(2,9-11-19)18-15(20)13-8-10-17-14-7-5-4-6-12(13)14/h4-8,10,19H,3,9,11H2,1-2H3,(H,18,20). The van der Waals surface area contributed by atoms with Gasteiger partial charge in [-0.25, -0.2) is 0 Å². The number of aliphatic hydroxyl groups is 1. The third-order valence-electron chi connectivity index (χ3n) is 3.75. The van der Waals surface area contributed by atoms with Crippen LogP contribution < -0.4 is 5.32 Å². The fourth-order valence-corrected chi connectivity index (χ4v) is 2.21. The highest BCUT2D eigenvalue weighted by atomic mass is 16.3. The highest BCUT2D eigenvalue weighted by molar-refractivity contribution is 6.06. The van der Waals surface area contributed by atoms with E-state index in [0.717, 1.165) is 17.3 Å². The highest BCUT2D eigenvalue weighted by Crippen LogP contribution is 2.19. The topological polar surface area (TPSA) is 62.2 Å². The minimum Gasteiger partial charge on any atom is -0.396 e. The third kappa shape index (κ3) is 2.96. The molecule has 4 heteroatoms. The Labute approximate surface area is 118 Å². The van der Waals surface area contributed by atoms with Gasteiger partial charge in [0.15, 0.2) is 0 Å². The molecule has 0 aliphatic carbocycles. The summed E-state index contributed by atoms with van der Waals surface area (Å²) in [6, 6.07) is 9.31. The largest absolute Gasteiger partial charge is 0.396 e. The number of carbonyl (C=O) groups is 1. The fraction of sp³-hybridized carbons (Fsp3) is 0.375. The molecule has 0 bridgehead atoms. The molecule has 0 fully saturated rings. The van der Waals surface area contributed by atoms with Gasteiger partial charge in [-0.15, -0.1) is 0 Å². The van der Waals surface area contributed by atoms with Gasteiger partial charge in [0, 0.05) is 23.7 Å². The van der Waals surface area contributed by atoms with Crippen LogP contribution in [0, 0.1) is 0 Å². The Kier molecular flexibility index (Phi) is 4.35. The van der Waals surface area contributed by atoms with Crippen molar-refractivity contribution in [3.05, 3.63) is 42.1 Å². The molecule has 2 rings (SSSR count). The number of rotatable bonds is 5. The molecule has 2 aromatic rings. The molecule has 1 heterocycles. The predicted octanol–water partition coefficient (Wildman–Crippen LogP) is 2.52. The van der Waals surface area contributed by atoms with Gasteiger partial charge in [0.2, 0.25) is 0 Å². The average molecular weight is 272 g/mol. The van der Waals surface area contributed by atoms with Crippen LogP contribution in [0.4, 0.5) is 0 Å². The van der Waals surface area contributed by atoms with Gasteiger partial charge in [0.1, 0.15) is 0 Å². The maximum absolute atomic E-state index is 12.5. The molecular formula is C16H20N2O2. The van der Waals surface area contributed by atoms with E-state index in [0.29, 0.717) is 12.0 Å². The van der Waals surface area contributed by atoms with E-state index in [1.807, 2.05) is 38.1 Å². The van der Waals surface area contributed by atoms with Gasteiger partial charge in [0.05, 0.1) is 11.1 Å². The Morgan fingerprint density at radius 3 is 2.80 bits per heavy atom. The maximum atomic E-state index is 12.5. The van der Waals surface area contributed by atoms with Crippen LogP contribution in [0.1, 0.15) is 37.0 Å². The lowest BCUT2D eigenvalue weighted by Gasteiger charge is -2.29. The number of aromatic nitrogens is 1. The number of hydrogen-bond acceptors (Lipinski definition) is 3. The van der Waals surface area contributed by atoms with Crippen molar-refractivity contribution in [2.24, 2.45) is 0 Å².